The average Bonchev–Trinajstić information content (AvgIpc) is 2.78. The van der Waals surface area contributed by atoms with Crippen molar-refractivity contribution < 1.29 is 10.2 Å². The Morgan fingerprint density at radius 3 is 2.64 bits per heavy atom. The van der Waals surface area contributed by atoms with Gasteiger partial charge in [-0.15, -0.1) is 0 Å². The fourth-order valence-corrected chi connectivity index (χ4v) is 5.40. The summed E-state index contributed by atoms with van der Waals surface area (Å²) in [5.41, 5.74) is 7.17. The van der Waals surface area contributed by atoms with Gasteiger partial charge >= 0.3 is 0 Å². The van der Waals surface area contributed by atoms with Crippen molar-refractivity contribution >= 4 is 0 Å². The summed E-state index contributed by atoms with van der Waals surface area (Å²) in [5, 5.41) is 20.3. The molecule has 22 heavy (non-hydrogen) atoms. The summed E-state index contributed by atoms with van der Waals surface area (Å²) >= 11 is 0. The van der Waals surface area contributed by atoms with Crippen LogP contribution in [0.4, 0.5) is 0 Å². The molecular formula is C20H26O2. The summed E-state index contributed by atoms with van der Waals surface area (Å²) in [6.45, 7) is 6.72. The molecule has 0 bridgehead atoms. The number of rotatable bonds is 0. The van der Waals surface area contributed by atoms with Gasteiger partial charge in [0.25, 0.3) is 0 Å². The molecule has 0 amide bonds. The van der Waals surface area contributed by atoms with Gasteiger partial charge in [-0.2, -0.15) is 0 Å². The number of allylic oxidation sites excluding steroid dienone is 5. The van der Waals surface area contributed by atoms with Crippen molar-refractivity contribution in [1.29, 1.82) is 0 Å². The summed E-state index contributed by atoms with van der Waals surface area (Å²) in [6.07, 6.45) is 10.8. The maximum Gasteiger partial charge on any atom is 0.0932 e. The van der Waals surface area contributed by atoms with Crippen LogP contribution >= 0.6 is 0 Å². The van der Waals surface area contributed by atoms with E-state index in [1.807, 2.05) is 6.08 Å². The van der Waals surface area contributed by atoms with Gasteiger partial charge in [-0.1, -0.05) is 36.3 Å². The van der Waals surface area contributed by atoms with Crippen LogP contribution in [-0.2, 0) is 0 Å². The monoisotopic (exact) mass is 298 g/mol. The number of hydrogen-bond donors (Lipinski definition) is 2. The minimum atomic E-state index is -0.411. The minimum Gasteiger partial charge on any atom is -0.389 e. The van der Waals surface area contributed by atoms with Crippen molar-refractivity contribution in [3.05, 3.63) is 46.1 Å². The molecule has 0 aliphatic heterocycles. The van der Waals surface area contributed by atoms with Gasteiger partial charge < -0.3 is 10.2 Å². The Labute approximate surface area is 132 Å². The van der Waals surface area contributed by atoms with Gasteiger partial charge in [-0.05, 0) is 68.1 Å². The van der Waals surface area contributed by atoms with Crippen molar-refractivity contribution in [2.24, 2.45) is 10.8 Å². The Morgan fingerprint density at radius 1 is 1.09 bits per heavy atom. The second-order valence-corrected chi connectivity index (χ2v) is 8.04. The predicted octanol–water partition coefficient (Wildman–Crippen LogP) is 3.82. The van der Waals surface area contributed by atoms with E-state index < -0.39 is 6.10 Å². The topological polar surface area (TPSA) is 40.5 Å². The Kier molecular flexibility index (Phi) is 2.93. The maximum atomic E-state index is 10.1. The van der Waals surface area contributed by atoms with Gasteiger partial charge in [0, 0.05) is 5.41 Å². The van der Waals surface area contributed by atoms with E-state index in [-0.39, 0.29) is 16.9 Å². The zero-order chi connectivity index (χ0) is 15.7. The lowest BCUT2D eigenvalue weighted by Crippen LogP contribution is -2.35. The first-order chi connectivity index (χ1) is 10.3. The average molecular weight is 298 g/mol. The van der Waals surface area contributed by atoms with Crippen LogP contribution in [0.2, 0.25) is 0 Å². The fourth-order valence-electron chi connectivity index (χ4n) is 5.40. The zero-order valence-corrected chi connectivity index (χ0v) is 13.8. The summed E-state index contributed by atoms with van der Waals surface area (Å²) in [6, 6.07) is 0. The predicted molar refractivity (Wildman–Crippen MR) is 88.3 cm³/mol. The number of hydrogen-bond acceptors (Lipinski definition) is 2. The van der Waals surface area contributed by atoms with E-state index in [4.69, 9.17) is 0 Å². The third-order valence-electron chi connectivity index (χ3n) is 6.70. The van der Waals surface area contributed by atoms with Crippen LogP contribution in [-0.4, -0.2) is 22.4 Å². The van der Waals surface area contributed by atoms with Crippen LogP contribution in [0, 0.1) is 10.8 Å². The molecule has 0 saturated carbocycles. The second kappa shape index (κ2) is 4.46. The summed E-state index contributed by atoms with van der Waals surface area (Å²) < 4.78 is 0. The van der Waals surface area contributed by atoms with E-state index in [0.29, 0.717) is 0 Å². The molecule has 4 rings (SSSR count). The molecule has 0 saturated heterocycles. The van der Waals surface area contributed by atoms with Gasteiger partial charge in [0.1, 0.15) is 0 Å². The van der Waals surface area contributed by atoms with E-state index >= 15 is 0 Å². The molecule has 4 atom stereocenters. The highest BCUT2D eigenvalue weighted by Gasteiger charge is 2.48. The van der Waals surface area contributed by atoms with Gasteiger partial charge in [-0.3, -0.25) is 0 Å². The third-order valence-corrected chi connectivity index (χ3v) is 6.70. The van der Waals surface area contributed by atoms with Crippen molar-refractivity contribution in [3.63, 3.8) is 0 Å². The van der Waals surface area contributed by atoms with E-state index in [9.17, 15) is 10.2 Å². The Bertz CT molecular complexity index is 663. The molecule has 3 unspecified atom stereocenters. The van der Waals surface area contributed by atoms with Crippen molar-refractivity contribution in [1.82, 2.24) is 0 Å². The molecule has 0 fully saturated rings. The first-order valence-corrected chi connectivity index (χ1v) is 8.56. The molecule has 0 radical (unpaired) electrons. The molecule has 2 N–H and O–H groups in total. The molecule has 4 aliphatic rings. The van der Waals surface area contributed by atoms with E-state index in [1.165, 1.54) is 22.3 Å². The largest absolute Gasteiger partial charge is 0.389 e. The Hall–Kier alpha value is -1.12. The summed E-state index contributed by atoms with van der Waals surface area (Å²) in [7, 11) is 0. The lowest BCUT2D eigenvalue weighted by Gasteiger charge is -2.48. The van der Waals surface area contributed by atoms with E-state index in [2.05, 4.69) is 32.9 Å². The molecule has 118 valence electrons. The number of aliphatic hydroxyl groups is 2. The van der Waals surface area contributed by atoms with Gasteiger partial charge in [0.15, 0.2) is 0 Å². The van der Waals surface area contributed by atoms with Crippen molar-refractivity contribution in [2.45, 2.75) is 65.1 Å². The number of aliphatic hydroxyl groups excluding tert-OH is 2. The number of fused-ring (bicyclic) bond motifs is 4. The molecule has 0 aromatic heterocycles. The van der Waals surface area contributed by atoms with E-state index in [1.54, 1.807) is 0 Å². The third kappa shape index (κ3) is 1.74. The lowest BCUT2D eigenvalue weighted by molar-refractivity contribution is 0.176. The van der Waals surface area contributed by atoms with Crippen LogP contribution < -0.4 is 0 Å². The fraction of sp³-hybridized carbons (Fsp3) is 0.600. The van der Waals surface area contributed by atoms with Crippen molar-refractivity contribution in [2.75, 3.05) is 0 Å². The quantitative estimate of drug-likeness (QED) is 0.667. The summed E-state index contributed by atoms with van der Waals surface area (Å²) in [4.78, 5) is 0. The van der Waals surface area contributed by atoms with Crippen molar-refractivity contribution in [3.8, 4) is 0 Å². The maximum absolute atomic E-state index is 10.1. The first kappa shape index (κ1) is 14.5. The summed E-state index contributed by atoms with van der Waals surface area (Å²) in [5.74, 6) is 0. The SMILES string of the molecule is CC1=C2CCC3=C(CC[C@@]4(C)CC(O)C=C34)C2(C)C=CC1O. The van der Waals surface area contributed by atoms with Gasteiger partial charge in [0.2, 0.25) is 0 Å². The van der Waals surface area contributed by atoms with Crippen LogP contribution in [0.3, 0.4) is 0 Å². The zero-order valence-electron chi connectivity index (χ0n) is 13.8. The smallest absolute Gasteiger partial charge is 0.0932 e. The molecule has 0 spiro atoms. The van der Waals surface area contributed by atoms with Gasteiger partial charge in [0.05, 0.1) is 12.2 Å². The standard InChI is InChI=1S/C20H26O2/c1-12-15-5-4-14-16(20(15,3)9-7-18(12)22)6-8-19(2)11-13(21)10-17(14)19/h7,9-10,13,18,21-22H,4-6,8,11H2,1-3H3/t13?,18?,19-,20?/m0/s1. The molecule has 4 aliphatic carbocycles. The molecular weight excluding hydrogens is 272 g/mol. The Morgan fingerprint density at radius 2 is 1.86 bits per heavy atom. The van der Waals surface area contributed by atoms with Crippen LogP contribution in [0.25, 0.3) is 0 Å². The normalized spacial score (nSPS) is 43.8. The highest BCUT2D eigenvalue weighted by atomic mass is 16.3. The van der Waals surface area contributed by atoms with Crippen LogP contribution in [0.5, 0.6) is 0 Å². The molecule has 2 nitrogen and oxygen atoms in total. The highest BCUT2D eigenvalue weighted by molar-refractivity contribution is 5.56. The van der Waals surface area contributed by atoms with E-state index in [0.717, 1.165) is 37.7 Å². The molecule has 0 aromatic carbocycles. The second-order valence-electron chi connectivity index (χ2n) is 8.04. The first-order valence-electron chi connectivity index (χ1n) is 8.56. The molecule has 0 heterocycles. The van der Waals surface area contributed by atoms with Gasteiger partial charge in [-0.25, -0.2) is 0 Å². The van der Waals surface area contributed by atoms with Crippen LogP contribution in [0.1, 0.15) is 52.9 Å². The van der Waals surface area contributed by atoms with Crippen LogP contribution in [0.15, 0.2) is 46.1 Å². The molecule has 2 heteroatoms. The minimum absolute atomic E-state index is 0.0212. The lowest BCUT2D eigenvalue weighted by atomic mass is 9.57. The molecule has 0 aromatic rings. The highest BCUT2D eigenvalue weighted by Crippen LogP contribution is 2.60. The Balaban J connectivity index is 1.88.